The van der Waals surface area contributed by atoms with E-state index in [1.54, 1.807) is 31.2 Å². The van der Waals surface area contributed by atoms with Crippen molar-refractivity contribution < 1.29 is 14.5 Å². The van der Waals surface area contributed by atoms with Crippen LogP contribution >= 0.6 is 0 Å². The molecule has 2 N–H and O–H groups in total. The summed E-state index contributed by atoms with van der Waals surface area (Å²) in [6.07, 6.45) is 0. The number of esters is 1. The number of carbonyl (C=O) groups excluding carboxylic acids is 1. The van der Waals surface area contributed by atoms with E-state index in [1.165, 1.54) is 4.68 Å². The molecule has 0 atom stereocenters. The van der Waals surface area contributed by atoms with E-state index in [-0.39, 0.29) is 11.5 Å². The lowest BCUT2D eigenvalue weighted by atomic mass is 10.2. The maximum Gasteiger partial charge on any atom is 0.338 e. The molecule has 0 unspecified atom stereocenters. The molecule has 0 bridgehead atoms. The third-order valence-electron chi connectivity index (χ3n) is 3.68. The van der Waals surface area contributed by atoms with Crippen molar-refractivity contribution in [1.82, 2.24) is 9.78 Å². The third-order valence-corrected chi connectivity index (χ3v) is 3.68. The number of hydrogen-bond donors (Lipinski definition) is 1. The highest BCUT2D eigenvalue weighted by molar-refractivity contribution is 5.89. The average molecular weight is 312 g/mol. The molecule has 118 valence electrons. The van der Waals surface area contributed by atoms with Gasteiger partial charge in [-0.15, -0.1) is 0 Å². The maximum absolute atomic E-state index is 12.6. The van der Waals surface area contributed by atoms with Crippen LogP contribution in [0.15, 0.2) is 35.1 Å². The Morgan fingerprint density at radius 1 is 1.26 bits per heavy atom. The highest BCUT2D eigenvalue weighted by Gasteiger charge is 2.16. The summed E-state index contributed by atoms with van der Waals surface area (Å²) in [5.74, 6) is -0.371. The minimum absolute atomic E-state index is 0.127. The summed E-state index contributed by atoms with van der Waals surface area (Å²) >= 11 is 0. The molecular weight excluding hydrogens is 294 g/mol. The summed E-state index contributed by atoms with van der Waals surface area (Å²) in [6, 6.07) is 8.63. The Labute approximate surface area is 132 Å². The van der Waals surface area contributed by atoms with Crippen molar-refractivity contribution >= 4 is 16.9 Å². The van der Waals surface area contributed by atoms with E-state index < -0.39 is 0 Å². The van der Waals surface area contributed by atoms with Crippen LogP contribution in [0.3, 0.4) is 0 Å². The molecule has 2 aromatic heterocycles. The van der Waals surface area contributed by atoms with E-state index in [2.05, 4.69) is 10.1 Å². The molecule has 0 aliphatic rings. The number of aromatic amines is 2. The number of carbonyl (C=O) groups is 1. The van der Waals surface area contributed by atoms with Gasteiger partial charge in [0.1, 0.15) is 5.39 Å². The van der Waals surface area contributed by atoms with Crippen LogP contribution in [0.5, 0.6) is 0 Å². The summed E-state index contributed by atoms with van der Waals surface area (Å²) in [4.78, 5) is 27.4. The number of ether oxygens (including phenoxy) is 1. The van der Waals surface area contributed by atoms with Crippen LogP contribution in [0.4, 0.5) is 0 Å². The average Bonchev–Trinajstić information content (AvgIpc) is 2.84. The van der Waals surface area contributed by atoms with E-state index in [0.29, 0.717) is 23.2 Å². The zero-order valence-electron chi connectivity index (χ0n) is 13.3. The van der Waals surface area contributed by atoms with Crippen molar-refractivity contribution in [1.29, 1.82) is 0 Å². The number of pyridine rings is 1. The quantitative estimate of drug-likeness (QED) is 0.751. The highest BCUT2D eigenvalue weighted by atomic mass is 16.5. The number of hydrogen-bond acceptors (Lipinski definition) is 3. The molecule has 0 aliphatic heterocycles. The smallest absolute Gasteiger partial charge is 0.338 e. The molecule has 0 aliphatic carbocycles. The van der Waals surface area contributed by atoms with Gasteiger partial charge in [0.15, 0.2) is 11.4 Å². The van der Waals surface area contributed by atoms with Crippen LogP contribution in [0.2, 0.25) is 0 Å². The van der Waals surface area contributed by atoms with E-state index in [0.717, 1.165) is 16.9 Å². The summed E-state index contributed by atoms with van der Waals surface area (Å²) in [6.45, 7) is 5.91. The van der Waals surface area contributed by atoms with Crippen LogP contribution in [-0.2, 0) is 4.74 Å². The number of aryl methyl sites for hydroxylation is 2. The number of H-pyrrole nitrogens is 2. The monoisotopic (exact) mass is 312 g/mol. The second-order valence-corrected chi connectivity index (χ2v) is 5.39. The van der Waals surface area contributed by atoms with Gasteiger partial charge >= 0.3 is 5.97 Å². The number of benzene rings is 1. The number of fused-ring (bicyclic) bond motifs is 1. The molecule has 23 heavy (non-hydrogen) atoms. The molecule has 3 aromatic rings. The van der Waals surface area contributed by atoms with Crippen LogP contribution in [0, 0.1) is 13.8 Å². The Hall–Kier alpha value is -2.89. The molecule has 2 heterocycles. The van der Waals surface area contributed by atoms with Crippen molar-refractivity contribution in [2.45, 2.75) is 20.8 Å². The van der Waals surface area contributed by atoms with Gasteiger partial charge in [-0.2, -0.15) is 0 Å². The number of nitrogens with zero attached hydrogens (tertiary/aromatic N) is 1. The van der Waals surface area contributed by atoms with Gasteiger partial charge in [0.2, 0.25) is 0 Å². The molecule has 0 saturated heterocycles. The molecule has 6 heteroatoms. The van der Waals surface area contributed by atoms with Crippen LogP contribution < -0.4 is 10.5 Å². The second kappa shape index (κ2) is 5.72. The summed E-state index contributed by atoms with van der Waals surface area (Å²) in [7, 11) is 0. The minimum Gasteiger partial charge on any atom is -0.462 e. The largest absolute Gasteiger partial charge is 0.462 e. The minimum atomic E-state index is -0.371. The van der Waals surface area contributed by atoms with Gasteiger partial charge in [0.05, 0.1) is 23.4 Å². The Balaban J connectivity index is 2.07. The third kappa shape index (κ3) is 2.63. The maximum atomic E-state index is 12.6. The number of rotatable bonds is 3. The van der Waals surface area contributed by atoms with E-state index >= 15 is 0 Å². The first-order chi connectivity index (χ1) is 11.0. The lowest BCUT2D eigenvalue weighted by Crippen LogP contribution is -2.18. The molecule has 1 aromatic carbocycles. The van der Waals surface area contributed by atoms with Gasteiger partial charge in [0.25, 0.3) is 5.56 Å². The Morgan fingerprint density at radius 3 is 2.61 bits per heavy atom. The van der Waals surface area contributed by atoms with E-state index in [1.807, 2.05) is 19.9 Å². The first kappa shape index (κ1) is 15.0. The van der Waals surface area contributed by atoms with Crippen LogP contribution in [0.25, 0.3) is 16.6 Å². The summed E-state index contributed by atoms with van der Waals surface area (Å²) in [5, 5.41) is 3.73. The second-order valence-electron chi connectivity index (χ2n) is 5.39. The topological polar surface area (TPSA) is 78.2 Å². The van der Waals surface area contributed by atoms with Gasteiger partial charge in [-0.05, 0) is 31.2 Å². The molecule has 0 saturated carbocycles. The fraction of sp³-hybridized carbons (Fsp3) is 0.235. The normalized spacial score (nSPS) is 10.9. The Kier molecular flexibility index (Phi) is 3.73. The van der Waals surface area contributed by atoms with Gasteiger partial charge in [-0.3, -0.25) is 9.89 Å². The molecule has 0 amide bonds. The Morgan fingerprint density at radius 2 is 1.96 bits per heavy atom. The zero-order valence-corrected chi connectivity index (χ0v) is 13.3. The first-order valence-corrected chi connectivity index (χ1v) is 7.43. The fourth-order valence-electron chi connectivity index (χ4n) is 2.67. The summed E-state index contributed by atoms with van der Waals surface area (Å²) < 4.78 is 6.43. The predicted octanol–water partition coefficient (Wildman–Crippen LogP) is 1.93. The number of nitrogens with one attached hydrogen (secondary N) is 2. The first-order valence-electron chi connectivity index (χ1n) is 7.43. The summed E-state index contributed by atoms with van der Waals surface area (Å²) in [5.41, 5.74) is 3.57. The Bertz CT molecular complexity index is 936. The predicted molar refractivity (Wildman–Crippen MR) is 85.9 cm³/mol. The van der Waals surface area contributed by atoms with Gasteiger partial charge in [0, 0.05) is 19.9 Å². The van der Waals surface area contributed by atoms with Gasteiger partial charge in [-0.25, -0.2) is 14.5 Å². The van der Waals surface area contributed by atoms with Crippen LogP contribution in [0.1, 0.15) is 28.7 Å². The van der Waals surface area contributed by atoms with Gasteiger partial charge in [-0.1, -0.05) is 0 Å². The molecule has 6 nitrogen and oxygen atoms in total. The van der Waals surface area contributed by atoms with Crippen molar-refractivity contribution in [2.24, 2.45) is 0 Å². The highest BCUT2D eigenvalue weighted by Crippen LogP contribution is 2.14. The van der Waals surface area contributed by atoms with Crippen molar-refractivity contribution in [3.05, 3.63) is 57.6 Å². The van der Waals surface area contributed by atoms with Crippen LogP contribution in [-0.4, -0.2) is 22.4 Å². The lowest BCUT2D eigenvalue weighted by Gasteiger charge is -2.04. The standard InChI is InChI=1S/C17H17N3O3/c1-4-23-17(22)12-5-7-13(8-6-12)20-16(21)15-11(3)18-10(2)9-14(15)19-20/h5-9,19H,4H2,1-3H3/p+1. The van der Waals surface area contributed by atoms with Gasteiger partial charge < -0.3 is 4.74 Å². The number of aromatic nitrogens is 3. The SMILES string of the molecule is CCOC(=O)c1ccc(-n2[nH]c3cc(C)[nH+]c(C)c3c2=O)cc1. The molecular formula is C17H18N3O3+. The molecule has 0 radical (unpaired) electrons. The fourth-order valence-corrected chi connectivity index (χ4v) is 2.67. The van der Waals surface area contributed by atoms with Crippen molar-refractivity contribution in [3.63, 3.8) is 0 Å². The van der Waals surface area contributed by atoms with E-state index in [9.17, 15) is 9.59 Å². The van der Waals surface area contributed by atoms with Crippen molar-refractivity contribution in [3.8, 4) is 5.69 Å². The molecule has 0 spiro atoms. The molecule has 3 rings (SSSR count). The lowest BCUT2D eigenvalue weighted by molar-refractivity contribution is -0.394. The zero-order chi connectivity index (χ0) is 16.6. The van der Waals surface area contributed by atoms with E-state index in [4.69, 9.17) is 4.74 Å². The molecule has 0 fully saturated rings. The van der Waals surface area contributed by atoms with Crippen molar-refractivity contribution in [2.75, 3.05) is 6.61 Å².